The molecule has 0 aromatic heterocycles. The van der Waals surface area contributed by atoms with Crippen LogP contribution in [0.2, 0.25) is 0 Å². The Morgan fingerprint density at radius 2 is 2.12 bits per heavy atom. The van der Waals surface area contributed by atoms with Gasteiger partial charge in [0, 0.05) is 26.7 Å². The van der Waals surface area contributed by atoms with Gasteiger partial charge in [-0.25, -0.2) is 0 Å². The number of nitrogens with one attached hydrogen (secondary N) is 2. The van der Waals surface area contributed by atoms with Crippen molar-refractivity contribution >= 4 is 29.9 Å². The van der Waals surface area contributed by atoms with E-state index in [9.17, 15) is 0 Å². The van der Waals surface area contributed by atoms with E-state index in [4.69, 9.17) is 4.74 Å². The van der Waals surface area contributed by atoms with Gasteiger partial charge < -0.3 is 20.3 Å². The zero-order chi connectivity index (χ0) is 17.2. The van der Waals surface area contributed by atoms with Crippen LogP contribution >= 0.6 is 24.0 Å². The van der Waals surface area contributed by atoms with Crippen molar-refractivity contribution in [2.24, 2.45) is 10.9 Å². The van der Waals surface area contributed by atoms with Gasteiger partial charge in [-0.3, -0.25) is 4.99 Å². The number of aliphatic imine (C=N–C) groups is 1. The van der Waals surface area contributed by atoms with Crippen LogP contribution in [0, 0.1) is 5.92 Å². The highest BCUT2D eigenvalue weighted by molar-refractivity contribution is 14.0. The predicted octanol–water partition coefficient (Wildman–Crippen LogP) is 2.75. The standard InChI is InChI=1S/C19H32N4O.HI/c1-4-12-23-13-10-16(15-23)14-22-19(20-2)21-11-9-17-7-5-6-8-18(17)24-3;/h5-8,16H,4,9-15H2,1-3H3,(H2,20,21,22);1H. The summed E-state index contributed by atoms with van der Waals surface area (Å²) in [5.41, 5.74) is 1.22. The van der Waals surface area contributed by atoms with E-state index >= 15 is 0 Å². The van der Waals surface area contributed by atoms with Gasteiger partial charge in [0.2, 0.25) is 0 Å². The zero-order valence-corrected chi connectivity index (χ0v) is 18.1. The first kappa shape index (κ1) is 22.0. The number of likely N-dealkylation sites (tertiary alicyclic amines) is 1. The van der Waals surface area contributed by atoms with Gasteiger partial charge in [-0.05, 0) is 49.9 Å². The van der Waals surface area contributed by atoms with Crippen LogP contribution in [-0.4, -0.2) is 57.7 Å². The summed E-state index contributed by atoms with van der Waals surface area (Å²) in [5, 5.41) is 6.87. The van der Waals surface area contributed by atoms with Gasteiger partial charge in [0.05, 0.1) is 7.11 Å². The van der Waals surface area contributed by atoms with E-state index in [1.165, 1.54) is 38.0 Å². The van der Waals surface area contributed by atoms with Crippen LogP contribution in [0.1, 0.15) is 25.3 Å². The molecule has 1 aromatic rings. The average Bonchev–Trinajstić information content (AvgIpc) is 3.06. The molecule has 1 saturated heterocycles. The van der Waals surface area contributed by atoms with Gasteiger partial charge in [0.25, 0.3) is 0 Å². The Balaban J connectivity index is 0.00000312. The minimum Gasteiger partial charge on any atom is -0.496 e. The van der Waals surface area contributed by atoms with E-state index in [2.05, 4.69) is 33.5 Å². The molecule has 142 valence electrons. The molecule has 1 fully saturated rings. The van der Waals surface area contributed by atoms with Crippen LogP contribution in [0.4, 0.5) is 0 Å². The number of hydrogen-bond acceptors (Lipinski definition) is 3. The third kappa shape index (κ3) is 7.40. The summed E-state index contributed by atoms with van der Waals surface area (Å²) in [6.07, 6.45) is 3.44. The zero-order valence-electron chi connectivity index (χ0n) is 15.8. The summed E-state index contributed by atoms with van der Waals surface area (Å²) >= 11 is 0. The van der Waals surface area contributed by atoms with E-state index in [1.54, 1.807) is 7.11 Å². The van der Waals surface area contributed by atoms with E-state index in [0.29, 0.717) is 0 Å². The normalized spacial score (nSPS) is 17.9. The molecule has 25 heavy (non-hydrogen) atoms. The summed E-state index contributed by atoms with van der Waals surface area (Å²) in [7, 11) is 3.55. The first-order valence-corrected chi connectivity index (χ1v) is 9.05. The Labute approximate surface area is 169 Å². The van der Waals surface area contributed by atoms with Crippen LogP contribution in [0.25, 0.3) is 0 Å². The van der Waals surface area contributed by atoms with Crippen LogP contribution in [0.5, 0.6) is 5.75 Å². The van der Waals surface area contributed by atoms with Crippen molar-refractivity contribution in [1.29, 1.82) is 0 Å². The number of benzene rings is 1. The predicted molar refractivity (Wildman–Crippen MR) is 116 cm³/mol. The third-order valence-electron chi connectivity index (χ3n) is 4.57. The highest BCUT2D eigenvalue weighted by Gasteiger charge is 2.21. The number of rotatable bonds is 8. The Bertz CT molecular complexity index is 524. The maximum Gasteiger partial charge on any atom is 0.190 e. The number of guanidine groups is 1. The van der Waals surface area contributed by atoms with E-state index < -0.39 is 0 Å². The van der Waals surface area contributed by atoms with Crippen molar-refractivity contribution in [2.45, 2.75) is 26.2 Å². The number of halogens is 1. The summed E-state index contributed by atoms with van der Waals surface area (Å²) in [6, 6.07) is 8.16. The lowest BCUT2D eigenvalue weighted by Gasteiger charge is -2.17. The molecule has 0 spiro atoms. The Morgan fingerprint density at radius 1 is 1.32 bits per heavy atom. The molecule has 0 aliphatic carbocycles. The average molecular weight is 460 g/mol. The highest BCUT2D eigenvalue weighted by Crippen LogP contribution is 2.17. The van der Waals surface area contributed by atoms with Crippen molar-refractivity contribution < 1.29 is 4.74 Å². The lowest BCUT2D eigenvalue weighted by atomic mass is 10.1. The second-order valence-corrected chi connectivity index (χ2v) is 6.40. The SMILES string of the molecule is CCCN1CCC(CNC(=NC)NCCc2ccccc2OC)C1.I. The van der Waals surface area contributed by atoms with Crippen molar-refractivity contribution in [2.75, 3.05) is 46.9 Å². The minimum absolute atomic E-state index is 0. The molecule has 0 bridgehead atoms. The molecular weight excluding hydrogens is 427 g/mol. The van der Waals surface area contributed by atoms with Crippen molar-refractivity contribution in [1.82, 2.24) is 15.5 Å². The maximum absolute atomic E-state index is 5.40. The fourth-order valence-electron chi connectivity index (χ4n) is 3.29. The first-order chi connectivity index (χ1) is 11.8. The molecule has 1 heterocycles. The molecule has 1 aliphatic heterocycles. The van der Waals surface area contributed by atoms with Gasteiger partial charge >= 0.3 is 0 Å². The largest absolute Gasteiger partial charge is 0.496 e. The number of methoxy groups -OCH3 is 1. The summed E-state index contributed by atoms with van der Waals surface area (Å²) in [5.74, 6) is 2.56. The molecular formula is C19H33IN4O. The topological polar surface area (TPSA) is 48.9 Å². The van der Waals surface area contributed by atoms with Crippen LogP contribution in [0.15, 0.2) is 29.3 Å². The Morgan fingerprint density at radius 3 is 2.84 bits per heavy atom. The van der Waals surface area contributed by atoms with Gasteiger partial charge in [0.15, 0.2) is 5.96 Å². The second kappa shape index (κ2) is 12.4. The Kier molecular flexibility index (Phi) is 10.9. The van der Waals surface area contributed by atoms with Crippen molar-refractivity contribution in [3.8, 4) is 5.75 Å². The first-order valence-electron chi connectivity index (χ1n) is 9.05. The molecule has 0 saturated carbocycles. The van der Waals surface area contributed by atoms with Gasteiger partial charge in [-0.1, -0.05) is 25.1 Å². The number of para-hydroxylation sites is 1. The molecule has 0 radical (unpaired) electrons. The van der Waals surface area contributed by atoms with Crippen molar-refractivity contribution in [3.05, 3.63) is 29.8 Å². The lowest BCUT2D eigenvalue weighted by molar-refractivity contribution is 0.324. The summed E-state index contributed by atoms with van der Waals surface area (Å²) < 4.78 is 5.40. The molecule has 2 rings (SSSR count). The van der Waals surface area contributed by atoms with Gasteiger partial charge in [0.1, 0.15) is 5.75 Å². The molecule has 6 heteroatoms. The van der Waals surface area contributed by atoms with Gasteiger partial charge in [-0.2, -0.15) is 0 Å². The second-order valence-electron chi connectivity index (χ2n) is 6.40. The lowest BCUT2D eigenvalue weighted by Crippen LogP contribution is -2.41. The maximum atomic E-state index is 5.40. The monoisotopic (exact) mass is 460 g/mol. The molecule has 1 unspecified atom stereocenters. The highest BCUT2D eigenvalue weighted by atomic mass is 127. The summed E-state index contributed by atoms with van der Waals surface area (Å²) in [6.45, 7) is 7.75. The van der Waals surface area contributed by atoms with Crippen LogP contribution in [-0.2, 0) is 6.42 Å². The fourth-order valence-corrected chi connectivity index (χ4v) is 3.29. The quantitative estimate of drug-likeness (QED) is 0.356. The van der Waals surface area contributed by atoms with Crippen LogP contribution in [0.3, 0.4) is 0 Å². The number of nitrogens with zero attached hydrogens (tertiary/aromatic N) is 2. The molecule has 2 N–H and O–H groups in total. The van der Waals surface area contributed by atoms with Crippen molar-refractivity contribution in [3.63, 3.8) is 0 Å². The molecule has 5 nitrogen and oxygen atoms in total. The molecule has 0 amide bonds. The Hall–Kier alpha value is -1.02. The van der Waals surface area contributed by atoms with Crippen LogP contribution < -0.4 is 15.4 Å². The van der Waals surface area contributed by atoms with E-state index in [0.717, 1.165) is 37.1 Å². The number of hydrogen-bond donors (Lipinski definition) is 2. The molecule has 1 aliphatic rings. The van der Waals surface area contributed by atoms with E-state index in [1.807, 2.05) is 25.2 Å². The van der Waals surface area contributed by atoms with E-state index in [-0.39, 0.29) is 24.0 Å². The third-order valence-corrected chi connectivity index (χ3v) is 4.57. The molecule has 1 atom stereocenters. The minimum atomic E-state index is 0. The van der Waals surface area contributed by atoms with Gasteiger partial charge in [-0.15, -0.1) is 24.0 Å². The molecule has 1 aromatic carbocycles. The summed E-state index contributed by atoms with van der Waals surface area (Å²) in [4.78, 5) is 6.89. The smallest absolute Gasteiger partial charge is 0.190 e. The fraction of sp³-hybridized carbons (Fsp3) is 0.632. The number of ether oxygens (including phenoxy) is 1.